The molecule has 39 nitrogen and oxygen atoms in total. The molecule has 9 amide bonds. The third-order valence-corrected chi connectivity index (χ3v) is 37.2. The maximum atomic E-state index is 14.8. The quantitative estimate of drug-likeness (QED) is 0.00664. The maximum Gasteiger partial charge on any atom is 0.491 e. The Labute approximate surface area is 841 Å². The van der Waals surface area contributed by atoms with Crippen molar-refractivity contribution in [1.82, 2.24) is 47.9 Å². The highest BCUT2D eigenvalue weighted by Crippen LogP contribution is 2.86. The predicted octanol–water partition coefficient (Wildman–Crippen LogP) is 2.48. The van der Waals surface area contributed by atoms with E-state index < -0.39 is 159 Å². The molecule has 5 aromatic rings. The number of carboxylic acids is 2. The summed E-state index contributed by atoms with van der Waals surface area (Å²) >= 11 is 0. The van der Waals surface area contributed by atoms with Crippen LogP contribution in [0.2, 0.25) is 0 Å². The van der Waals surface area contributed by atoms with E-state index in [1.165, 1.54) is 24.3 Å². The average molecular weight is 2100 g/mol. The van der Waals surface area contributed by atoms with Crippen LogP contribution >= 0.6 is 64.8 Å². The lowest BCUT2D eigenvalue weighted by atomic mass is 9.78. The lowest BCUT2D eigenvalue weighted by Crippen LogP contribution is -2.53. The second-order valence-electron chi connectivity index (χ2n) is 33.2. The molecule has 4 atom stereocenters. The fourth-order valence-corrected chi connectivity index (χ4v) is 29.1. The van der Waals surface area contributed by atoms with Crippen LogP contribution in [0.15, 0.2) is 72.8 Å². The molecule has 6 heterocycles. The van der Waals surface area contributed by atoms with Crippen molar-refractivity contribution in [2.45, 2.75) is 161 Å². The number of rotatable bonds is 61. The standard InChI is InChI=1S/C47H65B2F2N5O18.C42H46B2F2N4O12S6.H2/c1-2-13-70-28-42(59)52-12-15-69-17-18-71-25-33(58)8-6-14-68-16-19-72-29-43(60)55-40(47(64)65)9-5-3-4-7-32(57)10-11-53-46(63)41(56-45(62)31-21-37-35(39(51)23-31)27-74-49(37)67)24-54-44(61)30-20-36-34(38(50)22-30)26-73-48(36)66;1-60-14-4-6-35(51)24-9-7-23(8-10-24)19-41(63-65-42(66-64-41)67-68-42)29(40(56)57)5-2-3-12-47-36(52)11-13-48-39(55)34(50-38(54)26-16-31-28(33(46)18-26)22-62-44(31)59)20-49-37(53)25-15-30-27(32(45)17-25)21-61-43(30)58;/h20-23,40-41,66-67H,2-19,24-29H2,1H3,(H,52,59)(H,53,63)(H,54,61)(H,55,60)(H,56,62)(H,64,65);7-10,15-18,29,34,58-59H,2-6,11-14,19-22H2,1H3,(H,47,52)(H,48,55)(H,49,53)(H,50,54)(H,56,57);1H/t40?,41-;;/m0../s1. The lowest BCUT2D eigenvalue weighted by molar-refractivity contribution is -0.143. The van der Waals surface area contributed by atoms with Gasteiger partial charge in [-0.15, -0.1) is 0 Å². The molecule has 770 valence electrons. The summed E-state index contributed by atoms with van der Waals surface area (Å²) in [6.45, 7) is 2.06. The molecule has 11 rings (SSSR count). The van der Waals surface area contributed by atoms with Gasteiger partial charge in [0.25, 0.3) is 23.6 Å². The van der Waals surface area contributed by atoms with Crippen molar-refractivity contribution in [2.75, 3.05) is 119 Å². The molecular formula is C89H113B4F4N9O30S6. The number of halogens is 4. The fraction of sp³-hybridized carbons (Fsp3) is 0.506. The summed E-state index contributed by atoms with van der Waals surface area (Å²) in [6.07, 6.45) is 5.33. The predicted molar refractivity (Wildman–Crippen MR) is 524 cm³/mol. The average Bonchev–Trinajstić information content (AvgIpc) is 1.62. The third kappa shape index (κ3) is 35.6. The molecule has 6 aliphatic rings. The minimum Gasteiger partial charge on any atom is -0.481 e. The molecule has 1 spiro atoms. The highest BCUT2D eigenvalue weighted by Gasteiger charge is 2.59. The lowest BCUT2D eigenvalue weighted by Gasteiger charge is -2.40. The zero-order valence-electron chi connectivity index (χ0n) is 77.7. The number of hydrogen-bond donors (Lipinski definition) is 15. The Hall–Kier alpha value is -9.20. The Morgan fingerprint density at radius 1 is 0.401 bits per heavy atom. The van der Waals surface area contributed by atoms with Crippen molar-refractivity contribution in [1.29, 1.82) is 0 Å². The molecule has 3 unspecified atom stereocenters. The van der Waals surface area contributed by atoms with Crippen LogP contribution in [-0.2, 0) is 123 Å². The van der Waals surface area contributed by atoms with Crippen molar-refractivity contribution in [2.24, 2.45) is 5.92 Å². The number of carbonyl (C=O) groups is 14. The Kier molecular flexibility index (Phi) is 47.0. The number of carbonyl (C=O) groups excluding carboxylic acids is 12. The summed E-state index contributed by atoms with van der Waals surface area (Å²) in [5.41, 5.74) is 1.09. The van der Waals surface area contributed by atoms with E-state index >= 15 is 0 Å². The van der Waals surface area contributed by atoms with Gasteiger partial charge in [-0.1, -0.05) is 72.0 Å². The van der Waals surface area contributed by atoms with Gasteiger partial charge in [-0.05, 0) is 170 Å². The van der Waals surface area contributed by atoms with Crippen LogP contribution in [0.25, 0.3) is 0 Å². The van der Waals surface area contributed by atoms with Gasteiger partial charge in [0, 0.05) is 150 Å². The number of methoxy groups -OCH3 is 1. The van der Waals surface area contributed by atoms with Crippen molar-refractivity contribution in [3.63, 3.8) is 0 Å². The number of aliphatic carboxylic acids is 2. The summed E-state index contributed by atoms with van der Waals surface area (Å²) in [4.78, 5) is 179. The van der Waals surface area contributed by atoms with E-state index in [-0.39, 0.29) is 218 Å². The number of fused-ring (bicyclic) bond motifs is 4. The molecule has 15 N–H and O–H groups in total. The van der Waals surface area contributed by atoms with Gasteiger partial charge in [0.15, 0.2) is 14.3 Å². The molecule has 6 aliphatic heterocycles. The summed E-state index contributed by atoms with van der Waals surface area (Å²) in [5, 5.41) is 83.1. The Morgan fingerprint density at radius 3 is 1.34 bits per heavy atom. The highest BCUT2D eigenvalue weighted by molar-refractivity contribution is 9.14. The number of nitrogens with one attached hydrogen (secondary N) is 9. The largest absolute Gasteiger partial charge is 0.491 e. The first-order valence-electron chi connectivity index (χ1n) is 45.8. The first kappa shape index (κ1) is 115. The minimum absolute atomic E-state index is 0. The maximum absolute atomic E-state index is 14.8. The molecule has 0 radical (unpaired) electrons. The zero-order valence-corrected chi connectivity index (χ0v) is 82.6. The van der Waals surface area contributed by atoms with Gasteiger partial charge in [0.2, 0.25) is 29.5 Å². The summed E-state index contributed by atoms with van der Waals surface area (Å²) in [6, 6.07) is 11.7. The second-order valence-corrected chi connectivity index (χ2v) is 42.9. The topological polar surface area (TPSA) is 561 Å². The zero-order chi connectivity index (χ0) is 102. The molecule has 0 aliphatic carbocycles. The number of amides is 9. The van der Waals surface area contributed by atoms with Crippen LogP contribution in [0.3, 0.4) is 0 Å². The van der Waals surface area contributed by atoms with Crippen molar-refractivity contribution >= 4 is 198 Å². The van der Waals surface area contributed by atoms with Crippen molar-refractivity contribution in [3.05, 3.63) is 152 Å². The summed E-state index contributed by atoms with van der Waals surface area (Å²) in [7, 11) is 5.76. The van der Waals surface area contributed by atoms with Gasteiger partial charge in [0.1, 0.15) is 67.0 Å². The molecule has 0 bridgehead atoms. The number of ketones is 3. The van der Waals surface area contributed by atoms with E-state index in [4.69, 9.17) is 47.0 Å². The van der Waals surface area contributed by atoms with Gasteiger partial charge < -0.3 is 125 Å². The molecule has 0 aromatic heterocycles. The van der Waals surface area contributed by atoms with E-state index in [1.54, 1.807) is 84.0 Å². The number of Topliss-reactive ketones (excluding diaryl/α,β-unsaturated/α-hetero) is 3. The number of benzene rings is 5. The summed E-state index contributed by atoms with van der Waals surface area (Å²) < 4.78 is 110. The first-order chi connectivity index (χ1) is 68.2. The monoisotopic (exact) mass is 2100 g/mol. The Morgan fingerprint density at radius 2 is 0.845 bits per heavy atom. The Bertz CT molecular complexity index is 5280. The van der Waals surface area contributed by atoms with Gasteiger partial charge >= 0.3 is 40.4 Å². The van der Waals surface area contributed by atoms with Crippen LogP contribution in [0, 0.1) is 29.2 Å². The fourth-order valence-electron chi connectivity index (χ4n) is 14.9. The van der Waals surface area contributed by atoms with Crippen LogP contribution in [0.4, 0.5) is 17.6 Å². The number of ether oxygens (including phenoxy) is 6. The smallest absolute Gasteiger partial charge is 0.481 e. The summed E-state index contributed by atoms with van der Waals surface area (Å²) in [5.74, 6) is -13.0. The number of unbranched alkanes of at least 4 members (excludes halogenated alkanes) is 3. The van der Waals surface area contributed by atoms with Gasteiger partial charge in [-0.25, -0.2) is 22.4 Å². The van der Waals surface area contributed by atoms with Gasteiger partial charge in [-0.2, -0.15) is 0 Å². The van der Waals surface area contributed by atoms with Crippen LogP contribution in [0.5, 0.6) is 0 Å². The second kappa shape index (κ2) is 58.2. The van der Waals surface area contributed by atoms with Crippen LogP contribution in [-0.4, -0.2) is 285 Å². The normalized spacial score (nSPS) is 15.2. The van der Waals surface area contributed by atoms with Gasteiger partial charge in [-0.3, -0.25) is 62.3 Å². The molecule has 53 heteroatoms. The van der Waals surface area contributed by atoms with Crippen LogP contribution < -0.4 is 69.7 Å². The van der Waals surface area contributed by atoms with E-state index in [1.807, 2.05) is 19.1 Å². The SMILES string of the molecule is CCCOCC(=O)NCCOCCOCC(=O)CCCOCCOCC(=O)NC(CCCCCC(=O)CCNC(=O)[C@H](CNC(=O)c1cc(F)c2c(c1)B(O)OC2)NC(=O)c1cc(F)c2c(c1)B(O)OC2)C(=O)O.COCCCC(=O)c1ccc(CC2(C(CCCCNC(=O)CCNC(=O)C(CNC(=O)c3cc(F)c4c(c3)B(O)OC4)NC(=O)c3cc(F)c4c(c3)B(O)OC4)C(=O)O)SSC3(SS3)SS2)cc1.[HH]. The highest BCUT2D eigenvalue weighted by atomic mass is 33.2. The van der Waals surface area contributed by atoms with Gasteiger partial charge in [0.05, 0.1) is 69.5 Å². The third-order valence-electron chi connectivity index (χ3n) is 22.7. The van der Waals surface area contributed by atoms with Crippen molar-refractivity contribution in [3.8, 4) is 0 Å². The molecule has 2 saturated heterocycles. The molecule has 5 aromatic carbocycles. The molecule has 2 fully saturated rings. The molecular weight excluding hydrogens is 1990 g/mol. The van der Waals surface area contributed by atoms with Crippen molar-refractivity contribution < 1.29 is 163 Å². The van der Waals surface area contributed by atoms with E-state index in [9.17, 15) is 115 Å². The molecule has 142 heavy (non-hydrogen) atoms. The first-order valence-corrected chi connectivity index (χ1v) is 52.3. The Balaban J connectivity index is 0.000000317. The van der Waals surface area contributed by atoms with Crippen LogP contribution in [0.1, 0.15) is 184 Å². The number of hydrogen-bond acceptors (Lipinski definition) is 34. The molecule has 0 saturated carbocycles. The number of carboxylic acid groups (broad SMARTS) is 2. The van der Waals surface area contributed by atoms with E-state index in [2.05, 4.69) is 47.9 Å². The van der Waals surface area contributed by atoms with E-state index in [0.717, 1.165) is 36.2 Å². The van der Waals surface area contributed by atoms with E-state index in [0.29, 0.717) is 96.1 Å². The minimum atomic E-state index is -1.50.